The summed E-state index contributed by atoms with van der Waals surface area (Å²) in [5, 5.41) is 10.9. The first-order valence-electron chi connectivity index (χ1n) is 17.2. The molecule has 0 radical (unpaired) electrons. The standard InChI is InChI=1S/C33H50O18/c1-8-19(34)42-15-17-27(28(47-22(37)11-4)30(32(41)44-17)49-24(39)13-6)51-33-31(50-25(40)14-7)29(48-23(38)12-5)26(46-21(36)10-3)18(45-33)16-43-20(35)9-2/h17-18,26-33,41H,8-16H2,1-7H3/t17?,18?,26-,27+,28-,29-,30?,31?,32?,33-/m0/s1. The van der Waals surface area contributed by atoms with E-state index >= 15 is 0 Å². The Morgan fingerprint density at radius 1 is 0.431 bits per heavy atom. The molecule has 0 saturated carbocycles. The molecule has 5 unspecified atom stereocenters. The van der Waals surface area contributed by atoms with E-state index in [0.717, 1.165) is 0 Å². The van der Waals surface area contributed by atoms with Crippen LogP contribution in [0.15, 0.2) is 0 Å². The van der Waals surface area contributed by atoms with Gasteiger partial charge in [-0.15, -0.1) is 0 Å². The molecule has 2 saturated heterocycles. The number of hydrogen-bond acceptors (Lipinski definition) is 18. The highest BCUT2D eigenvalue weighted by molar-refractivity contribution is 5.72. The van der Waals surface area contributed by atoms with Gasteiger partial charge in [0.25, 0.3) is 0 Å². The van der Waals surface area contributed by atoms with E-state index in [-0.39, 0.29) is 44.9 Å². The summed E-state index contributed by atoms with van der Waals surface area (Å²) in [5.74, 6) is -5.31. The predicted molar refractivity (Wildman–Crippen MR) is 168 cm³/mol. The van der Waals surface area contributed by atoms with Gasteiger partial charge >= 0.3 is 41.8 Å². The van der Waals surface area contributed by atoms with E-state index in [1.54, 1.807) is 6.92 Å². The average molecular weight is 735 g/mol. The van der Waals surface area contributed by atoms with E-state index in [9.17, 15) is 38.7 Å². The van der Waals surface area contributed by atoms with Crippen molar-refractivity contribution < 1.29 is 86.0 Å². The molecule has 18 nitrogen and oxygen atoms in total. The van der Waals surface area contributed by atoms with Crippen molar-refractivity contribution in [3.63, 3.8) is 0 Å². The molecular formula is C33H50O18. The molecule has 0 bridgehead atoms. The molecule has 51 heavy (non-hydrogen) atoms. The molecule has 0 aromatic rings. The molecular weight excluding hydrogens is 684 g/mol. The highest BCUT2D eigenvalue weighted by Gasteiger charge is 2.57. The fourth-order valence-corrected chi connectivity index (χ4v) is 4.86. The van der Waals surface area contributed by atoms with Gasteiger partial charge in [-0.1, -0.05) is 48.5 Å². The molecule has 0 aromatic carbocycles. The highest BCUT2D eigenvalue weighted by atomic mass is 16.8. The van der Waals surface area contributed by atoms with Gasteiger partial charge in [0.05, 0.1) is 0 Å². The van der Waals surface area contributed by atoms with Crippen LogP contribution in [-0.2, 0) is 80.9 Å². The smallest absolute Gasteiger partial charge is 0.306 e. The molecule has 2 heterocycles. The Labute approximate surface area is 295 Å². The van der Waals surface area contributed by atoms with Crippen molar-refractivity contribution in [3.8, 4) is 0 Å². The lowest BCUT2D eigenvalue weighted by molar-refractivity contribution is -0.357. The van der Waals surface area contributed by atoms with Gasteiger partial charge in [-0.25, -0.2) is 0 Å². The van der Waals surface area contributed by atoms with Gasteiger partial charge in [0.2, 0.25) is 0 Å². The number of aliphatic hydroxyl groups is 1. The summed E-state index contributed by atoms with van der Waals surface area (Å²) in [6, 6.07) is 0. The first kappa shape index (κ1) is 43.3. The van der Waals surface area contributed by atoms with Gasteiger partial charge in [-0.2, -0.15) is 0 Å². The van der Waals surface area contributed by atoms with Crippen LogP contribution in [0.4, 0.5) is 0 Å². The third-order valence-electron chi connectivity index (χ3n) is 7.67. The molecule has 2 rings (SSSR count). The summed E-state index contributed by atoms with van der Waals surface area (Å²) >= 11 is 0. The van der Waals surface area contributed by atoms with Crippen molar-refractivity contribution in [2.45, 2.75) is 155 Å². The summed E-state index contributed by atoms with van der Waals surface area (Å²) in [7, 11) is 0. The second-order valence-corrected chi connectivity index (χ2v) is 11.3. The van der Waals surface area contributed by atoms with E-state index in [0.29, 0.717) is 0 Å². The Hall–Kier alpha value is -3.87. The van der Waals surface area contributed by atoms with Gasteiger partial charge in [0, 0.05) is 44.9 Å². The third kappa shape index (κ3) is 12.7. The largest absolute Gasteiger partial charge is 0.463 e. The molecule has 2 aliphatic rings. The number of esters is 7. The molecule has 2 aliphatic heterocycles. The number of carbonyl (C=O) groups is 7. The molecule has 290 valence electrons. The first-order chi connectivity index (χ1) is 24.3. The topological polar surface area (TPSA) is 232 Å². The van der Waals surface area contributed by atoms with Crippen LogP contribution in [-0.4, -0.2) is 122 Å². The van der Waals surface area contributed by atoms with Crippen LogP contribution in [0.5, 0.6) is 0 Å². The third-order valence-corrected chi connectivity index (χ3v) is 7.67. The number of rotatable bonds is 18. The lowest BCUT2D eigenvalue weighted by Gasteiger charge is -2.48. The molecule has 0 spiro atoms. The minimum Gasteiger partial charge on any atom is -0.463 e. The lowest BCUT2D eigenvalue weighted by atomic mass is 9.96. The van der Waals surface area contributed by atoms with Crippen LogP contribution in [0.3, 0.4) is 0 Å². The maximum Gasteiger partial charge on any atom is 0.306 e. The van der Waals surface area contributed by atoms with Crippen molar-refractivity contribution in [2.24, 2.45) is 0 Å². The van der Waals surface area contributed by atoms with E-state index in [1.165, 1.54) is 41.5 Å². The zero-order valence-electron chi connectivity index (χ0n) is 30.0. The van der Waals surface area contributed by atoms with Crippen LogP contribution in [0.25, 0.3) is 0 Å². The second kappa shape index (κ2) is 21.5. The second-order valence-electron chi connectivity index (χ2n) is 11.3. The zero-order chi connectivity index (χ0) is 38.2. The Morgan fingerprint density at radius 2 is 0.765 bits per heavy atom. The molecule has 2 fully saturated rings. The first-order valence-corrected chi connectivity index (χ1v) is 17.2. The van der Waals surface area contributed by atoms with Gasteiger partial charge < -0.3 is 52.5 Å². The van der Waals surface area contributed by atoms with Crippen molar-refractivity contribution >= 4 is 41.8 Å². The molecule has 1 N–H and O–H groups in total. The zero-order valence-corrected chi connectivity index (χ0v) is 30.0. The van der Waals surface area contributed by atoms with Crippen molar-refractivity contribution in [1.82, 2.24) is 0 Å². The van der Waals surface area contributed by atoms with Crippen LogP contribution in [0, 0.1) is 0 Å². The van der Waals surface area contributed by atoms with Gasteiger partial charge in [0.15, 0.2) is 43.1 Å². The monoisotopic (exact) mass is 734 g/mol. The van der Waals surface area contributed by atoms with E-state index in [2.05, 4.69) is 0 Å². The number of aliphatic hydroxyl groups excluding tert-OH is 1. The van der Waals surface area contributed by atoms with Crippen LogP contribution >= 0.6 is 0 Å². The highest BCUT2D eigenvalue weighted by Crippen LogP contribution is 2.35. The van der Waals surface area contributed by atoms with Crippen LogP contribution in [0.1, 0.15) is 93.4 Å². The van der Waals surface area contributed by atoms with Crippen molar-refractivity contribution in [3.05, 3.63) is 0 Å². The summed E-state index contributed by atoms with van der Waals surface area (Å²) in [6.45, 7) is 9.41. The summed E-state index contributed by atoms with van der Waals surface area (Å²) < 4.78 is 56.8. The van der Waals surface area contributed by atoms with Crippen molar-refractivity contribution in [1.29, 1.82) is 0 Å². The summed E-state index contributed by atoms with van der Waals surface area (Å²) in [4.78, 5) is 87.7. The Kier molecular flexibility index (Phi) is 18.2. The minimum atomic E-state index is -1.90. The Morgan fingerprint density at radius 3 is 1.18 bits per heavy atom. The van der Waals surface area contributed by atoms with Gasteiger partial charge in [-0.3, -0.25) is 33.6 Å². The average Bonchev–Trinajstić information content (AvgIpc) is 3.13. The summed E-state index contributed by atoms with van der Waals surface area (Å²) in [5.41, 5.74) is 0. The van der Waals surface area contributed by atoms with E-state index in [4.69, 9.17) is 47.4 Å². The SMILES string of the molecule is CCC(=O)OCC1OC(O)C(OC(=O)CC)[C@@H](OC(=O)CC)[C@@H]1O[C@@H]1OC(COC(=O)CC)[C@H](OC(=O)CC)[C@H](OC(=O)CC)C1OC(=O)CC. The number of hydrogen-bond donors (Lipinski definition) is 1. The summed E-state index contributed by atoms with van der Waals surface area (Å²) in [6.07, 6.45) is -17.1. The molecule has 0 amide bonds. The maximum absolute atomic E-state index is 12.8. The molecule has 18 heteroatoms. The number of carbonyl (C=O) groups excluding carboxylic acids is 7. The van der Waals surface area contributed by atoms with Crippen LogP contribution < -0.4 is 0 Å². The maximum atomic E-state index is 12.8. The van der Waals surface area contributed by atoms with Gasteiger partial charge in [-0.05, 0) is 0 Å². The predicted octanol–water partition coefficient (Wildman–Crippen LogP) is 1.33. The molecule has 0 aliphatic carbocycles. The van der Waals surface area contributed by atoms with Crippen molar-refractivity contribution in [2.75, 3.05) is 13.2 Å². The number of ether oxygens (including phenoxy) is 10. The fraction of sp³-hybridized carbons (Fsp3) is 0.788. The molecule has 10 atom stereocenters. The lowest BCUT2D eigenvalue weighted by Crippen LogP contribution is -2.67. The Balaban J connectivity index is 2.77. The molecule has 0 aromatic heterocycles. The van der Waals surface area contributed by atoms with E-state index < -0.39 is 116 Å². The fourth-order valence-electron chi connectivity index (χ4n) is 4.86. The van der Waals surface area contributed by atoms with Gasteiger partial charge in [0.1, 0.15) is 31.5 Å². The minimum absolute atomic E-state index is 0.0285. The Bertz CT molecular complexity index is 1200. The van der Waals surface area contributed by atoms with E-state index in [1.807, 2.05) is 0 Å². The normalized spacial score (nSPS) is 28.8. The van der Waals surface area contributed by atoms with Crippen LogP contribution in [0.2, 0.25) is 0 Å². The quantitative estimate of drug-likeness (QED) is 0.155.